The first-order valence-electron chi connectivity index (χ1n) is 10.3. The first-order chi connectivity index (χ1) is 16.3. The Morgan fingerprint density at radius 1 is 0.943 bits per heavy atom. The second-order valence-corrected chi connectivity index (χ2v) is 10.5. The van der Waals surface area contributed by atoms with Crippen LogP contribution in [-0.2, 0) is 29.2 Å². The monoisotopic (exact) mass is 544 g/mol. The van der Waals surface area contributed by atoms with E-state index in [1.807, 2.05) is 12.1 Å². The van der Waals surface area contributed by atoms with E-state index in [4.69, 9.17) is 23.2 Å². The van der Waals surface area contributed by atoms with E-state index in [2.05, 4.69) is 5.32 Å². The van der Waals surface area contributed by atoms with E-state index < -0.39 is 21.8 Å². The van der Waals surface area contributed by atoms with Gasteiger partial charge >= 0.3 is 6.18 Å². The number of alkyl halides is 3. The highest BCUT2D eigenvalue weighted by Gasteiger charge is 2.32. The molecule has 0 atom stereocenters. The van der Waals surface area contributed by atoms with E-state index in [0.717, 1.165) is 28.3 Å². The Balaban J connectivity index is 1.71. The molecule has 0 bridgehead atoms. The fourth-order valence-electron chi connectivity index (χ4n) is 3.26. The van der Waals surface area contributed by atoms with Crippen LogP contribution >= 0.6 is 23.2 Å². The molecule has 0 heterocycles. The molecule has 0 saturated heterocycles. The van der Waals surface area contributed by atoms with Crippen molar-refractivity contribution in [2.45, 2.75) is 19.1 Å². The highest BCUT2D eigenvalue weighted by molar-refractivity contribution is 7.92. The number of hydrogen-bond donors (Lipinski definition) is 1. The van der Waals surface area contributed by atoms with Crippen molar-refractivity contribution in [2.24, 2.45) is 0 Å². The number of sulfonamides is 1. The summed E-state index contributed by atoms with van der Waals surface area (Å²) in [5, 5.41) is 3.29. The fourth-order valence-corrected chi connectivity index (χ4v) is 4.55. The molecule has 0 unspecified atom stereocenters. The zero-order valence-electron chi connectivity index (χ0n) is 18.4. The van der Waals surface area contributed by atoms with E-state index in [-0.39, 0.29) is 23.2 Å². The van der Waals surface area contributed by atoms with Crippen LogP contribution < -0.4 is 9.62 Å². The Bertz CT molecular complexity index is 1300. The average molecular weight is 545 g/mol. The van der Waals surface area contributed by atoms with Crippen molar-refractivity contribution in [1.82, 2.24) is 5.32 Å². The Kier molecular flexibility index (Phi) is 8.35. The summed E-state index contributed by atoms with van der Waals surface area (Å²) in [6.07, 6.45) is -3.17. The molecule has 1 N–H and O–H groups in total. The van der Waals surface area contributed by atoms with Gasteiger partial charge in [-0.2, -0.15) is 13.2 Å². The van der Waals surface area contributed by atoms with Crippen molar-refractivity contribution in [1.29, 1.82) is 0 Å². The number of halogens is 5. The van der Waals surface area contributed by atoms with Crippen molar-refractivity contribution in [2.75, 3.05) is 17.1 Å². The largest absolute Gasteiger partial charge is 0.416 e. The molecule has 3 aromatic carbocycles. The van der Waals surface area contributed by atoms with Gasteiger partial charge in [-0.1, -0.05) is 47.5 Å². The number of rotatable bonds is 8. The minimum absolute atomic E-state index is 0.139. The molecule has 3 rings (SSSR count). The fraction of sp³-hybridized carbons (Fsp3) is 0.208. The van der Waals surface area contributed by atoms with E-state index in [1.54, 1.807) is 12.1 Å². The summed E-state index contributed by atoms with van der Waals surface area (Å²) >= 11 is 11.9. The van der Waals surface area contributed by atoms with Crippen molar-refractivity contribution in [3.8, 4) is 0 Å². The molecular formula is C24H21Cl2F3N2O3S. The lowest BCUT2D eigenvalue weighted by atomic mass is 10.1. The third-order valence-electron chi connectivity index (χ3n) is 5.10. The minimum atomic E-state index is -4.66. The first kappa shape index (κ1) is 26.8. The molecule has 0 spiro atoms. The van der Waals surface area contributed by atoms with Crippen molar-refractivity contribution >= 4 is 44.8 Å². The quantitative estimate of drug-likeness (QED) is 0.381. The van der Waals surface area contributed by atoms with E-state index in [0.29, 0.717) is 35.2 Å². The molecule has 0 fully saturated rings. The number of carbonyl (C=O) groups excluding carboxylic acids is 1. The predicted octanol–water partition coefficient (Wildman–Crippen LogP) is 5.95. The summed E-state index contributed by atoms with van der Waals surface area (Å²) in [6, 6.07) is 15.9. The number of anilines is 1. The average Bonchev–Trinajstić information content (AvgIpc) is 2.78. The van der Waals surface area contributed by atoms with Crippen molar-refractivity contribution in [3.63, 3.8) is 0 Å². The Morgan fingerprint density at radius 2 is 1.54 bits per heavy atom. The Labute approximate surface area is 211 Å². The van der Waals surface area contributed by atoms with Gasteiger partial charge in [0, 0.05) is 17.1 Å². The van der Waals surface area contributed by atoms with Crippen molar-refractivity contribution in [3.05, 3.63) is 99.0 Å². The molecule has 3 aromatic rings. The Hall–Kier alpha value is -2.75. The highest BCUT2D eigenvalue weighted by Crippen LogP contribution is 2.36. The predicted molar refractivity (Wildman–Crippen MR) is 131 cm³/mol. The summed E-state index contributed by atoms with van der Waals surface area (Å²) in [5.41, 5.74) is 0.526. The van der Waals surface area contributed by atoms with Crippen LogP contribution in [0.2, 0.25) is 10.0 Å². The summed E-state index contributed by atoms with van der Waals surface area (Å²) < 4.78 is 65.0. The van der Waals surface area contributed by atoms with Gasteiger partial charge in [-0.05, 0) is 60.0 Å². The van der Waals surface area contributed by atoms with Crippen LogP contribution in [0.15, 0.2) is 66.7 Å². The van der Waals surface area contributed by atoms with Gasteiger partial charge < -0.3 is 5.32 Å². The first-order valence-corrected chi connectivity index (χ1v) is 12.9. The van der Waals surface area contributed by atoms with Gasteiger partial charge in [0.15, 0.2) is 0 Å². The third-order valence-corrected chi connectivity index (χ3v) is 6.80. The summed E-state index contributed by atoms with van der Waals surface area (Å²) in [7, 11) is -3.97. The standard InChI is InChI=1S/C24H21Cl2F3N2O3S/c1-35(33,34)31(22-14-19(24(27,28)29)8-11-21(22)26)15-17-2-6-18(7-3-17)23(32)30-13-12-16-4-9-20(25)10-5-16/h2-11,14H,12-13,15H2,1H3,(H,30,32). The number of carbonyl (C=O) groups is 1. The van der Waals surface area contributed by atoms with Crippen LogP contribution in [-0.4, -0.2) is 27.1 Å². The van der Waals surface area contributed by atoms with Gasteiger partial charge in [-0.15, -0.1) is 0 Å². The number of nitrogens with one attached hydrogen (secondary N) is 1. The number of amides is 1. The minimum Gasteiger partial charge on any atom is -0.352 e. The number of benzene rings is 3. The normalized spacial score (nSPS) is 11.8. The lowest BCUT2D eigenvalue weighted by Crippen LogP contribution is -2.30. The zero-order chi connectivity index (χ0) is 25.8. The molecule has 1 amide bonds. The molecule has 186 valence electrons. The maximum Gasteiger partial charge on any atom is 0.416 e. The van der Waals surface area contributed by atoms with Crippen LogP contribution in [0.5, 0.6) is 0 Å². The maximum absolute atomic E-state index is 13.2. The lowest BCUT2D eigenvalue weighted by Gasteiger charge is -2.24. The van der Waals surface area contributed by atoms with Gasteiger partial charge in [0.25, 0.3) is 5.91 Å². The SMILES string of the molecule is CS(=O)(=O)N(Cc1ccc(C(=O)NCCc2ccc(Cl)cc2)cc1)c1cc(C(F)(F)F)ccc1Cl. The number of hydrogen-bond acceptors (Lipinski definition) is 3. The highest BCUT2D eigenvalue weighted by atomic mass is 35.5. The van der Waals surface area contributed by atoms with Crippen LogP contribution in [0.4, 0.5) is 18.9 Å². The van der Waals surface area contributed by atoms with Crippen molar-refractivity contribution < 1.29 is 26.4 Å². The van der Waals surface area contributed by atoms with E-state index in [9.17, 15) is 26.4 Å². The maximum atomic E-state index is 13.2. The van der Waals surface area contributed by atoms with Gasteiger partial charge in [-0.25, -0.2) is 8.42 Å². The number of nitrogens with zero attached hydrogens (tertiary/aromatic N) is 1. The topological polar surface area (TPSA) is 66.5 Å². The van der Waals surface area contributed by atoms with E-state index >= 15 is 0 Å². The second-order valence-electron chi connectivity index (χ2n) is 7.76. The van der Waals surface area contributed by atoms with Gasteiger partial charge in [-0.3, -0.25) is 9.10 Å². The van der Waals surface area contributed by atoms with Crippen LogP contribution in [0.1, 0.15) is 27.0 Å². The molecule has 0 aliphatic rings. The molecule has 0 aliphatic carbocycles. The van der Waals surface area contributed by atoms with Crippen LogP contribution in [0.25, 0.3) is 0 Å². The second kappa shape index (κ2) is 10.9. The Morgan fingerprint density at radius 3 is 2.11 bits per heavy atom. The zero-order valence-corrected chi connectivity index (χ0v) is 20.8. The lowest BCUT2D eigenvalue weighted by molar-refractivity contribution is -0.137. The smallest absolute Gasteiger partial charge is 0.352 e. The van der Waals surface area contributed by atoms with Crippen LogP contribution in [0.3, 0.4) is 0 Å². The summed E-state index contributed by atoms with van der Waals surface area (Å²) in [6.45, 7) is 0.135. The van der Waals surface area contributed by atoms with Gasteiger partial charge in [0.05, 0.1) is 29.1 Å². The van der Waals surface area contributed by atoms with Gasteiger partial charge in [0.2, 0.25) is 10.0 Å². The molecule has 5 nitrogen and oxygen atoms in total. The third kappa shape index (κ3) is 7.37. The summed E-state index contributed by atoms with van der Waals surface area (Å²) in [4.78, 5) is 12.4. The molecule has 0 aromatic heterocycles. The molecular weight excluding hydrogens is 524 g/mol. The molecule has 0 saturated carbocycles. The van der Waals surface area contributed by atoms with E-state index in [1.165, 1.54) is 24.3 Å². The molecule has 11 heteroatoms. The summed E-state index contributed by atoms with van der Waals surface area (Å²) in [5.74, 6) is -0.314. The van der Waals surface area contributed by atoms with Crippen LogP contribution in [0, 0.1) is 0 Å². The molecule has 0 radical (unpaired) electrons. The van der Waals surface area contributed by atoms with Gasteiger partial charge in [0.1, 0.15) is 0 Å². The molecule has 35 heavy (non-hydrogen) atoms. The molecule has 0 aliphatic heterocycles.